The van der Waals surface area contributed by atoms with Crippen LogP contribution >= 0.6 is 23.1 Å². The van der Waals surface area contributed by atoms with Gasteiger partial charge in [-0.3, -0.25) is 14.9 Å². The minimum Gasteiger partial charge on any atom is -0.480 e. The number of aromatic nitrogens is 2. The van der Waals surface area contributed by atoms with E-state index >= 15 is 0 Å². The first-order valence-electron chi connectivity index (χ1n) is 4.31. The number of nitrogens with zero attached hydrogens (tertiary/aromatic N) is 2. The van der Waals surface area contributed by atoms with Crippen LogP contribution in [0.1, 0.15) is 6.92 Å². The average Bonchev–Trinajstić information content (AvgIpc) is 2.63. The molecule has 0 spiro atoms. The Morgan fingerprint density at radius 3 is 2.56 bits per heavy atom. The molecule has 0 saturated heterocycles. The van der Waals surface area contributed by atoms with E-state index in [1.54, 1.807) is 0 Å². The van der Waals surface area contributed by atoms with Crippen molar-refractivity contribution < 1.29 is 27.9 Å². The van der Waals surface area contributed by atoms with Gasteiger partial charge in [-0.1, -0.05) is 23.1 Å². The fourth-order valence-corrected chi connectivity index (χ4v) is 2.50. The second kappa shape index (κ2) is 5.52. The number of hydrogen-bond donors (Lipinski definition) is 2. The molecule has 6 nitrogen and oxygen atoms in total. The molecule has 0 saturated carbocycles. The summed E-state index contributed by atoms with van der Waals surface area (Å²) in [5, 5.41) is 15.8. The molecular weight excluding hydrogens is 295 g/mol. The first-order chi connectivity index (χ1) is 8.20. The number of carbonyl (C=O) groups excluding carboxylic acids is 1. The molecule has 0 radical (unpaired) electrons. The maximum Gasteiger partial charge on any atom is 0.471 e. The highest BCUT2D eigenvalue weighted by Crippen LogP contribution is 2.29. The number of carbonyl (C=O) groups is 2. The Bertz CT molecular complexity index is 462. The van der Waals surface area contributed by atoms with Crippen LogP contribution < -0.4 is 5.32 Å². The Morgan fingerprint density at radius 2 is 2.06 bits per heavy atom. The Morgan fingerprint density at radius 1 is 1.44 bits per heavy atom. The number of aliphatic carboxylic acids is 1. The molecule has 11 heteroatoms. The molecule has 1 rings (SSSR count). The van der Waals surface area contributed by atoms with Crippen molar-refractivity contribution in [3.63, 3.8) is 0 Å². The maximum atomic E-state index is 11.9. The topological polar surface area (TPSA) is 92.2 Å². The molecule has 100 valence electrons. The largest absolute Gasteiger partial charge is 0.480 e. The summed E-state index contributed by atoms with van der Waals surface area (Å²) < 4.78 is 35.9. The molecule has 2 N–H and O–H groups in total. The van der Waals surface area contributed by atoms with Gasteiger partial charge in [-0.2, -0.15) is 13.2 Å². The molecule has 1 amide bonds. The smallest absolute Gasteiger partial charge is 0.471 e. The van der Waals surface area contributed by atoms with Gasteiger partial charge in [0, 0.05) is 0 Å². The molecule has 0 bridgehead atoms. The van der Waals surface area contributed by atoms with E-state index in [0.717, 1.165) is 11.8 Å². The van der Waals surface area contributed by atoms with E-state index in [1.807, 2.05) is 0 Å². The Hall–Kier alpha value is -1.36. The van der Waals surface area contributed by atoms with Crippen LogP contribution in [0.15, 0.2) is 4.34 Å². The van der Waals surface area contributed by atoms with Crippen LogP contribution in [-0.4, -0.2) is 38.6 Å². The highest BCUT2D eigenvalue weighted by molar-refractivity contribution is 8.02. The third kappa shape index (κ3) is 4.14. The monoisotopic (exact) mass is 301 g/mol. The van der Waals surface area contributed by atoms with E-state index in [-0.39, 0.29) is 9.47 Å². The van der Waals surface area contributed by atoms with Crippen LogP contribution in [0.4, 0.5) is 18.3 Å². The molecule has 1 heterocycles. The molecular formula is C7H6F3N3O3S2. The summed E-state index contributed by atoms with van der Waals surface area (Å²) in [5.74, 6) is -3.24. The molecule has 0 fully saturated rings. The summed E-state index contributed by atoms with van der Waals surface area (Å²) in [7, 11) is 0. The summed E-state index contributed by atoms with van der Waals surface area (Å²) in [4.78, 5) is 21.1. The van der Waals surface area contributed by atoms with Gasteiger partial charge in [0.15, 0.2) is 4.34 Å². The average molecular weight is 301 g/mol. The number of thioether (sulfide) groups is 1. The van der Waals surface area contributed by atoms with Gasteiger partial charge in [0.05, 0.1) is 0 Å². The number of rotatable bonds is 4. The summed E-state index contributed by atoms with van der Waals surface area (Å²) in [6.45, 7) is 1.39. The quantitative estimate of drug-likeness (QED) is 0.648. The van der Waals surface area contributed by atoms with Crippen LogP contribution in [0.2, 0.25) is 0 Å². The molecule has 0 aliphatic carbocycles. The molecule has 0 aromatic carbocycles. The standard InChI is InChI=1S/C7H6F3N3O3S2/c1-2(3(14)15)17-6-13-12-5(18-6)11-4(16)7(8,9)10/h2H,1H3,(H,14,15)(H,11,12,16). The van der Waals surface area contributed by atoms with Crippen LogP contribution in [-0.2, 0) is 9.59 Å². The van der Waals surface area contributed by atoms with Gasteiger partial charge in [0.25, 0.3) is 0 Å². The Balaban J connectivity index is 2.64. The first-order valence-corrected chi connectivity index (χ1v) is 6.01. The normalized spacial score (nSPS) is 13.1. The number of amides is 1. The summed E-state index contributed by atoms with van der Waals surface area (Å²) in [5.41, 5.74) is 0. The predicted molar refractivity (Wildman–Crippen MR) is 57.5 cm³/mol. The van der Waals surface area contributed by atoms with Crippen molar-refractivity contribution in [3.8, 4) is 0 Å². The summed E-state index contributed by atoms with van der Waals surface area (Å²) >= 11 is 1.49. The van der Waals surface area contributed by atoms with Crippen molar-refractivity contribution >= 4 is 40.1 Å². The van der Waals surface area contributed by atoms with Gasteiger partial charge < -0.3 is 5.11 Å². The van der Waals surface area contributed by atoms with E-state index in [9.17, 15) is 22.8 Å². The van der Waals surface area contributed by atoms with Gasteiger partial charge in [0.2, 0.25) is 5.13 Å². The molecule has 1 atom stereocenters. The Kier molecular flexibility index (Phi) is 4.51. The van der Waals surface area contributed by atoms with Gasteiger partial charge in [0.1, 0.15) is 5.25 Å². The lowest BCUT2D eigenvalue weighted by molar-refractivity contribution is -0.167. The first kappa shape index (κ1) is 14.7. The SMILES string of the molecule is CC(Sc1nnc(NC(=O)C(F)(F)F)s1)C(=O)O. The van der Waals surface area contributed by atoms with Crippen molar-refractivity contribution in [2.45, 2.75) is 22.7 Å². The number of hydrogen-bond acceptors (Lipinski definition) is 6. The third-order valence-electron chi connectivity index (χ3n) is 1.51. The lowest BCUT2D eigenvalue weighted by atomic mass is 10.5. The van der Waals surface area contributed by atoms with Crippen LogP contribution in [0, 0.1) is 0 Å². The number of carboxylic acid groups (broad SMARTS) is 1. The zero-order valence-corrected chi connectivity index (χ0v) is 10.3. The van der Waals surface area contributed by atoms with Crippen molar-refractivity contribution in [2.24, 2.45) is 0 Å². The molecule has 1 aromatic rings. The molecule has 1 unspecified atom stereocenters. The van der Waals surface area contributed by atoms with Gasteiger partial charge in [-0.05, 0) is 6.92 Å². The second-order valence-electron chi connectivity index (χ2n) is 2.92. The second-order valence-corrected chi connectivity index (χ2v) is 5.49. The minimum atomic E-state index is -5.01. The van der Waals surface area contributed by atoms with Gasteiger partial charge >= 0.3 is 18.1 Å². The number of nitrogens with one attached hydrogen (secondary N) is 1. The summed E-state index contributed by atoms with van der Waals surface area (Å²) in [6, 6.07) is 0. The minimum absolute atomic E-state index is 0.155. The third-order valence-corrected chi connectivity index (χ3v) is 3.52. The zero-order chi connectivity index (χ0) is 13.9. The molecule has 1 aromatic heterocycles. The molecule has 0 aliphatic rings. The zero-order valence-electron chi connectivity index (χ0n) is 8.69. The van der Waals surface area contributed by atoms with Crippen molar-refractivity contribution in [3.05, 3.63) is 0 Å². The Labute approximate surface area is 107 Å². The van der Waals surface area contributed by atoms with Crippen LogP contribution in [0.5, 0.6) is 0 Å². The van der Waals surface area contributed by atoms with E-state index in [1.165, 1.54) is 12.2 Å². The highest BCUT2D eigenvalue weighted by Gasteiger charge is 2.39. The van der Waals surface area contributed by atoms with Crippen LogP contribution in [0.25, 0.3) is 0 Å². The van der Waals surface area contributed by atoms with Crippen molar-refractivity contribution in [1.82, 2.24) is 10.2 Å². The van der Waals surface area contributed by atoms with E-state index in [4.69, 9.17) is 5.11 Å². The fraction of sp³-hybridized carbons (Fsp3) is 0.429. The molecule has 0 aliphatic heterocycles. The lowest BCUT2D eigenvalue weighted by Crippen LogP contribution is -2.29. The van der Waals surface area contributed by atoms with Gasteiger partial charge in [-0.15, -0.1) is 10.2 Å². The summed E-state index contributed by atoms with van der Waals surface area (Å²) in [6.07, 6.45) is -5.01. The fourth-order valence-electron chi connectivity index (χ4n) is 0.678. The van der Waals surface area contributed by atoms with Crippen molar-refractivity contribution in [1.29, 1.82) is 0 Å². The predicted octanol–water partition coefficient (Wildman–Crippen LogP) is 1.60. The molecule has 18 heavy (non-hydrogen) atoms. The lowest BCUT2D eigenvalue weighted by Gasteiger charge is -2.03. The van der Waals surface area contributed by atoms with Crippen LogP contribution in [0.3, 0.4) is 0 Å². The van der Waals surface area contributed by atoms with Crippen molar-refractivity contribution in [2.75, 3.05) is 5.32 Å². The number of anilines is 1. The van der Waals surface area contributed by atoms with E-state index < -0.39 is 23.3 Å². The maximum absolute atomic E-state index is 11.9. The van der Waals surface area contributed by atoms with E-state index in [2.05, 4.69) is 10.2 Å². The van der Waals surface area contributed by atoms with E-state index in [0.29, 0.717) is 11.3 Å². The van der Waals surface area contributed by atoms with Gasteiger partial charge in [-0.25, -0.2) is 0 Å². The number of carboxylic acids is 1. The highest BCUT2D eigenvalue weighted by atomic mass is 32.2. The number of alkyl halides is 3. The number of halogens is 3.